The van der Waals surface area contributed by atoms with Crippen LogP contribution in [0, 0.1) is 0 Å². The second kappa shape index (κ2) is 4.69. The van der Waals surface area contributed by atoms with E-state index >= 15 is 0 Å². The molecule has 1 aliphatic rings. The lowest BCUT2D eigenvalue weighted by atomic mass is 10.1. The van der Waals surface area contributed by atoms with Crippen molar-refractivity contribution in [3.05, 3.63) is 36.0 Å². The molecular formula is C14H16N2OS. The Kier molecular flexibility index (Phi) is 3.04. The van der Waals surface area contributed by atoms with E-state index in [1.54, 1.807) is 0 Å². The van der Waals surface area contributed by atoms with Gasteiger partial charge in [0.25, 0.3) is 5.91 Å². The van der Waals surface area contributed by atoms with Gasteiger partial charge in [0.2, 0.25) is 0 Å². The molecule has 0 saturated carbocycles. The number of aromatic amines is 1. The molecule has 1 amide bonds. The van der Waals surface area contributed by atoms with Gasteiger partial charge in [0, 0.05) is 41.5 Å². The Morgan fingerprint density at radius 3 is 3.11 bits per heavy atom. The van der Waals surface area contributed by atoms with Gasteiger partial charge >= 0.3 is 0 Å². The van der Waals surface area contributed by atoms with Gasteiger partial charge in [0.15, 0.2) is 0 Å². The van der Waals surface area contributed by atoms with Gasteiger partial charge in [-0.05, 0) is 36.4 Å². The molecule has 1 aromatic carbocycles. The predicted octanol–water partition coefficient (Wildman–Crippen LogP) is 2.75. The molecule has 0 bridgehead atoms. The van der Waals surface area contributed by atoms with Crippen LogP contribution in [0.15, 0.2) is 30.5 Å². The molecule has 0 spiro atoms. The van der Waals surface area contributed by atoms with Crippen LogP contribution in [0.5, 0.6) is 0 Å². The summed E-state index contributed by atoms with van der Waals surface area (Å²) in [7, 11) is 1.92. The molecule has 1 saturated heterocycles. The maximum Gasteiger partial charge on any atom is 0.253 e. The summed E-state index contributed by atoms with van der Waals surface area (Å²) in [6.45, 7) is 0. The monoisotopic (exact) mass is 260 g/mol. The van der Waals surface area contributed by atoms with Gasteiger partial charge in [-0.25, -0.2) is 0 Å². The number of thioether (sulfide) groups is 1. The maximum atomic E-state index is 12.4. The Bertz CT molecular complexity index is 572. The van der Waals surface area contributed by atoms with Crippen molar-refractivity contribution < 1.29 is 4.79 Å². The number of carbonyl (C=O) groups excluding carboxylic acids is 1. The van der Waals surface area contributed by atoms with Crippen molar-refractivity contribution in [2.45, 2.75) is 12.5 Å². The minimum absolute atomic E-state index is 0.130. The summed E-state index contributed by atoms with van der Waals surface area (Å²) in [5.74, 6) is 2.36. The molecule has 0 aliphatic carbocycles. The van der Waals surface area contributed by atoms with Crippen molar-refractivity contribution in [1.82, 2.24) is 9.88 Å². The normalized spacial score (nSPS) is 19.3. The van der Waals surface area contributed by atoms with Gasteiger partial charge in [-0.1, -0.05) is 0 Å². The van der Waals surface area contributed by atoms with Crippen LogP contribution in [-0.4, -0.2) is 40.4 Å². The Morgan fingerprint density at radius 2 is 2.33 bits per heavy atom. The summed E-state index contributed by atoms with van der Waals surface area (Å²) in [6.07, 6.45) is 3.01. The van der Waals surface area contributed by atoms with Gasteiger partial charge in [0.1, 0.15) is 0 Å². The van der Waals surface area contributed by atoms with Gasteiger partial charge in [-0.2, -0.15) is 11.8 Å². The molecule has 3 nitrogen and oxygen atoms in total. The minimum Gasteiger partial charge on any atom is -0.361 e. The molecule has 1 N–H and O–H groups in total. The lowest BCUT2D eigenvalue weighted by Crippen LogP contribution is -2.36. The van der Waals surface area contributed by atoms with Crippen LogP contribution >= 0.6 is 11.8 Å². The molecule has 18 heavy (non-hydrogen) atoms. The van der Waals surface area contributed by atoms with Crippen LogP contribution in [0.25, 0.3) is 10.9 Å². The molecular weight excluding hydrogens is 244 g/mol. The predicted molar refractivity (Wildman–Crippen MR) is 76.1 cm³/mol. The molecule has 1 unspecified atom stereocenters. The zero-order chi connectivity index (χ0) is 12.5. The van der Waals surface area contributed by atoms with Crippen molar-refractivity contribution in [3.8, 4) is 0 Å². The third kappa shape index (κ3) is 2.01. The van der Waals surface area contributed by atoms with Crippen LogP contribution in [0.1, 0.15) is 16.8 Å². The van der Waals surface area contributed by atoms with E-state index in [2.05, 4.69) is 4.98 Å². The number of amides is 1. The molecule has 4 heteroatoms. The SMILES string of the molecule is CN(C(=O)c1ccc2[nH]ccc2c1)C1CCSC1. The van der Waals surface area contributed by atoms with E-state index in [-0.39, 0.29) is 5.91 Å². The highest BCUT2D eigenvalue weighted by molar-refractivity contribution is 7.99. The molecule has 1 fully saturated rings. The molecule has 1 atom stereocenters. The van der Waals surface area contributed by atoms with E-state index in [1.165, 1.54) is 5.75 Å². The fourth-order valence-corrected chi connectivity index (χ4v) is 3.65. The van der Waals surface area contributed by atoms with Crippen LogP contribution in [-0.2, 0) is 0 Å². The first kappa shape index (κ1) is 11.7. The molecule has 0 radical (unpaired) electrons. The molecule has 94 valence electrons. The van der Waals surface area contributed by atoms with Gasteiger partial charge in [-0.15, -0.1) is 0 Å². The first-order valence-electron chi connectivity index (χ1n) is 6.18. The van der Waals surface area contributed by atoms with Crippen LogP contribution < -0.4 is 0 Å². The third-order valence-electron chi connectivity index (χ3n) is 3.57. The topological polar surface area (TPSA) is 36.1 Å². The fraction of sp³-hybridized carbons (Fsp3) is 0.357. The Hall–Kier alpha value is -1.42. The summed E-state index contributed by atoms with van der Waals surface area (Å²) >= 11 is 1.93. The molecule has 1 aromatic heterocycles. The number of benzene rings is 1. The number of rotatable bonds is 2. The van der Waals surface area contributed by atoms with Crippen molar-refractivity contribution in [3.63, 3.8) is 0 Å². The Morgan fingerprint density at radius 1 is 1.44 bits per heavy atom. The molecule has 2 aromatic rings. The largest absolute Gasteiger partial charge is 0.361 e. The number of carbonyl (C=O) groups is 1. The summed E-state index contributed by atoms with van der Waals surface area (Å²) in [5.41, 5.74) is 1.85. The zero-order valence-electron chi connectivity index (χ0n) is 10.3. The van der Waals surface area contributed by atoms with E-state index in [4.69, 9.17) is 0 Å². The zero-order valence-corrected chi connectivity index (χ0v) is 11.2. The number of nitrogens with one attached hydrogen (secondary N) is 1. The van der Waals surface area contributed by atoms with Crippen molar-refractivity contribution in [2.75, 3.05) is 18.6 Å². The first-order chi connectivity index (χ1) is 8.75. The maximum absolute atomic E-state index is 12.4. The van der Waals surface area contributed by atoms with E-state index in [0.717, 1.165) is 28.6 Å². The van der Waals surface area contributed by atoms with Crippen molar-refractivity contribution in [2.24, 2.45) is 0 Å². The van der Waals surface area contributed by atoms with Crippen LogP contribution in [0.4, 0.5) is 0 Å². The fourth-order valence-electron chi connectivity index (χ4n) is 2.38. The van der Waals surface area contributed by atoms with E-state index in [0.29, 0.717) is 6.04 Å². The Balaban J connectivity index is 1.86. The van der Waals surface area contributed by atoms with Crippen LogP contribution in [0.3, 0.4) is 0 Å². The number of H-pyrrole nitrogens is 1. The minimum atomic E-state index is 0.130. The second-order valence-corrected chi connectivity index (χ2v) is 5.86. The highest BCUT2D eigenvalue weighted by Crippen LogP contribution is 2.23. The molecule has 1 aliphatic heterocycles. The van der Waals surface area contributed by atoms with Crippen molar-refractivity contribution >= 4 is 28.6 Å². The lowest BCUT2D eigenvalue weighted by Gasteiger charge is -2.23. The summed E-state index contributed by atoms with van der Waals surface area (Å²) in [4.78, 5) is 17.4. The average Bonchev–Trinajstić information content (AvgIpc) is 3.06. The number of nitrogens with zero attached hydrogens (tertiary/aromatic N) is 1. The van der Waals surface area contributed by atoms with E-state index < -0.39 is 0 Å². The second-order valence-electron chi connectivity index (χ2n) is 4.71. The first-order valence-corrected chi connectivity index (χ1v) is 7.33. The highest BCUT2D eigenvalue weighted by atomic mass is 32.2. The van der Waals surface area contributed by atoms with Gasteiger partial charge in [-0.3, -0.25) is 4.79 Å². The number of aromatic nitrogens is 1. The Labute approximate surface area is 111 Å². The molecule has 3 rings (SSSR count). The van der Waals surface area contributed by atoms with E-state index in [1.807, 2.05) is 54.2 Å². The highest BCUT2D eigenvalue weighted by Gasteiger charge is 2.24. The van der Waals surface area contributed by atoms with Crippen molar-refractivity contribution in [1.29, 1.82) is 0 Å². The smallest absolute Gasteiger partial charge is 0.253 e. The summed E-state index contributed by atoms with van der Waals surface area (Å²) < 4.78 is 0. The number of hydrogen-bond donors (Lipinski definition) is 1. The third-order valence-corrected chi connectivity index (χ3v) is 4.72. The van der Waals surface area contributed by atoms with E-state index in [9.17, 15) is 4.79 Å². The van der Waals surface area contributed by atoms with Gasteiger partial charge < -0.3 is 9.88 Å². The quantitative estimate of drug-likeness (QED) is 0.901. The lowest BCUT2D eigenvalue weighted by molar-refractivity contribution is 0.0748. The average molecular weight is 260 g/mol. The summed E-state index contributed by atoms with van der Waals surface area (Å²) in [6, 6.07) is 8.23. The number of hydrogen-bond acceptors (Lipinski definition) is 2. The summed E-state index contributed by atoms with van der Waals surface area (Å²) in [5, 5.41) is 1.09. The number of fused-ring (bicyclic) bond motifs is 1. The standard InChI is InChI=1S/C14H16N2OS/c1-16(12-5-7-18-9-12)14(17)11-2-3-13-10(8-11)4-6-15-13/h2-4,6,8,12,15H,5,7,9H2,1H3. The molecule has 2 heterocycles. The van der Waals surface area contributed by atoms with Crippen LogP contribution in [0.2, 0.25) is 0 Å². The van der Waals surface area contributed by atoms with Gasteiger partial charge in [0.05, 0.1) is 0 Å².